The fourth-order valence-electron chi connectivity index (χ4n) is 3.91. The summed E-state index contributed by atoms with van der Waals surface area (Å²) in [5.41, 5.74) is 2.34. The van der Waals surface area contributed by atoms with E-state index in [4.69, 9.17) is 9.47 Å². The molecule has 0 radical (unpaired) electrons. The van der Waals surface area contributed by atoms with Crippen LogP contribution in [0.2, 0.25) is 0 Å². The zero-order chi connectivity index (χ0) is 21.3. The molecule has 2 unspecified atom stereocenters. The topological polar surface area (TPSA) is 61.4 Å². The summed E-state index contributed by atoms with van der Waals surface area (Å²) >= 11 is 0. The van der Waals surface area contributed by atoms with Gasteiger partial charge in [0.1, 0.15) is 11.9 Å². The van der Waals surface area contributed by atoms with E-state index in [0.717, 1.165) is 69.6 Å². The standard InChI is InChI=1S/C23H39N5O2.HI/c1-18-5-6-20(22(13-18)30-21-7-12-29-17-21)15-26-23(24-3)25-14-19(2)16-28-10-8-27(4)9-11-28;/h5-6,13,19,21H,7-12,14-17H2,1-4H3,(H2,24,25,26);1H. The number of guanidine groups is 1. The molecule has 3 rings (SSSR count). The number of hydrogen-bond donors (Lipinski definition) is 2. The van der Waals surface area contributed by atoms with Crippen LogP contribution in [0.4, 0.5) is 0 Å². The lowest BCUT2D eigenvalue weighted by molar-refractivity contribution is 0.139. The summed E-state index contributed by atoms with van der Waals surface area (Å²) in [6.07, 6.45) is 1.10. The monoisotopic (exact) mass is 545 g/mol. The zero-order valence-electron chi connectivity index (χ0n) is 19.5. The molecule has 1 aromatic rings. The molecule has 0 amide bonds. The number of ether oxygens (including phenoxy) is 2. The SMILES string of the molecule is CN=C(NCc1ccc(C)cc1OC1CCOC1)NCC(C)CN1CCN(C)CC1.I. The van der Waals surface area contributed by atoms with Crippen LogP contribution in [-0.4, -0.2) is 88.4 Å². The summed E-state index contributed by atoms with van der Waals surface area (Å²) < 4.78 is 11.7. The lowest BCUT2D eigenvalue weighted by Gasteiger charge is -2.34. The lowest BCUT2D eigenvalue weighted by Crippen LogP contribution is -2.47. The van der Waals surface area contributed by atoms with E-state index in [0.29, 0.717) is 19.1 Å². The summed E-state index contributed by atoms with van der Waals surface area (Å²) in [5.74, 6) is 2.33. The third-order valence-electron chi connectivity index (χ3n) is 5.86. The highest BCUT2D eigenvalue weighted by Gasteiger charge is 2.19. The Morgan fingerprint density at radius 3 is 2.71 bits per heavy atom. The molecule has 31 heavy (non-hydrogen) atoms. The van der Waals surface area contributed by atoms with Gasteiger partial charge in [0.2, 0.25) is 0 Å². The first-order valence-corrected chi connectivity index (χ1v) is 11.2. The third kappa shape index (κ3) is 8.75. The van der Waals surface area contributed by atoms with Gasteiger partial charge in [0, 0.05) is 64.8 Å². The molecule has 0 aliphatic carbocycles. The highest BCUT2D eigenvalue weighted by molar-refractivity contribution is 14.0. The molecule has 8 heteroatoms. The molecule has 0 spiro atoms. The highest BCUT2D eigenvalue weighted by atomic mass is 127. The van der Waals surface area contributed by atoms with Gasteiger partial charge in [0.25, 0.3) is 0 Å². The predicted molar refractivity (Wildman–Crippen MR) is 138 cm³/mol. The van der Waals surface area contributed by atoms with Crippen LogP contribution < -0.4 is 15.4 Å². The van der Waals surface area contributed by atoms with Crippen molar-refractivity contribution in [1.82, 2.24) is 20.4 Å². The maximum Gasteiger partial charge on any atom is 0.191 e. The largest absolute Gasteiger partial charge is 0.488 e. The molecule has 2 fully saturated rings. The first-order chi connectivity index (χ1) is 14.5. The number of likely N-dealkylation sites (N-methyl/N-ethyl adjacent to an activating group) is 1. The quantitative estimate of drug-likeness (QED) is 0.297. The summed E-state index contributed by atoms with van der Waals surface area (Å²) in [7, 11) is 4.02. The van der Waals surface area contributed by atoms with Gasteiger partial charge in [-0.3, -0.25) is 4.99 Å². The normalized spacial score (nSPS) is 21.4. The number of nitrogens with zero attached hydrogens (tertiary/aromatic N) is 3. The Bertz CT molecular complexity index is 689. The molecule has 1 aromatic carbocycles. The van der Waals surface area contributed by atoms with Crippen molar-refractivity contribution < 1.29 is 9.47 Å². The number of halogens is 1. The van der Waals surface area contributed by atoms with Crippen molar-refractivity contribution in [1.29, 1.82) is 0 Å². The molecule has 0 saturated carbocycles. The first-order valence-electron chi connectivity index (χ1n) is 11.2. The molecule has 2 N–H and O–H groups in total. The number of hydrogen-bond acceptors (Lipinski definition) is 5. The molecular weight excluding hydrogens is 505 g/mol. The molecule has 2 heterocycles. The van der Waals surface area contributed by atoms with Gasteiger partial charge in [0.05, 0.1) is 13.2 Å². The van der Waals surface area contributed by atoms with Crippen LogP contribution in [0.1, 0.15) is 24.5 Å². The molecule has 2 saturated heterocycles. The minimum atomic E-state index is 0. The maximum absolute atomic E-state index is 6.21. The van der Waals surface area contributed by atoms with Crippen molar-refractivity contribution in [2.45, 2.75) is 32.9 Å². The van der Waals surface area contributed by atoms with Gasteiger partial charge >= 0.3 is 0 Å². The van der Waals surface area contributed by atoms with E-state index in [2.05, 4.69) is 64.5 Å². The van der Waals surface area contributed by atoms with E-state index in [9.17, 15) is 0 Å². The van der Waals surface area contributed by atoms with Gasteiger partial charge in [0.15, 0.2) is 5.96 Å². The number of nitrogens with one attached hydrogen (secondary N) is 2. The van der Waals surface area contributed by atoms with E-state index in [1.165, 1.54) is 5.56 Å². The minimum Gasteiger partial charge on any atom is -0.488 e. The zero-order valence-corrected chi connectivity index (χ0v) is 21.9. The number of rotatable bonds is 8. The molecule has 0 bridgehead atoms. The smallest absolute Gasteiger partial charge is 0.191 e. The van der Waals surface area contributed by atoms with Gasteiger partial charge in [-0.25, -0.2) is 0 Å². The van der Waals surface area contributed by atoms with Crippen molar-refractivity contribution in [3.05, 3.63) is 29.3 Å². The van der Waals surface area contributed by atoms with Gasteiger partial charge in [-0.15, -0.1) is 24.0 Å². The first kappa shape index (κ1) is 26.2. The summed E-state index contributed by atoms with van der Waals surface area (Å²) in [4.78, 5) is 9.35. The Kier molecular flexibility index (Phi) is 11.3. The van der Waals surface area contributed by atoms with Crippen molar-refractivity contribution in [3.63, 3.8) is 0 Å². The fraction of sp³-hybridized carbons (Fsp3) is 0.696. The van der Waals surface area contributed by atoms with E-state index < -0.39 is 0 Å². The summed E-state index contributed by atoms with van der Waals surface area (Å²) in [6.45, 7) is 13.2. The van der Waals surface area contributed by atoms with Crippen LogP contribution in [0.15, 0.2) is 23.2 Å². The number of piperazine rings is 1. The average molecular weight is 546 g/mol. The van der Waals surface area contributed by atoms with Crippen LogP contribution in [0.5, 0.6) is 5.75 Å². The molecule has 2 aliphatic rings. The average Bonchev–Trinajstić information content (AvgIpc) is 3.24. The second kappa shape index (κ2) is 13.4. The molecule has 0 aromatic heterocycles. The Labute approximate surface area is 205 Å². The predicted octanol–water partition coefficient (Wildman–Crippen LogP) is 2.33. The Morgan fingerprint density at radius 2 is 2.03 bits per heavy atom. The van der Waals surface area contributed by atoms with E-state index in [1.807, 2.05) is 7.05 Å². The summed E-state index contributed by atoms with van der Waals surface area (Å²) in [6, 6.07) is 6.38. The van der Waals surface area contributed by atoms with Crippen LogP contribution in [0, 0.1) is 12.8 Å². The van der Waals surface area contributed by atoms with Gasteiger partial charge in [-0.2, -0.15) is 0 Å². The Balaban J connectivity index is 0.00000341. The van der Waals surface area contributed by atoms with Crippen LogP contribution in [-0.2, 0) is 11.3 Å². The Morgan fingerprint density at radius 1 is 1.26 bits per heavy atom. The maximum atomic E-state index is 6.21. The van der Waals surface area contributed by atoms with Gasteiger partial charge < -0.3 is 29.9 Å². The Hall–Kier alpha value is -1.10. The number of benzene rings is 1. The second-order valence-electron chi connectivity index (χ2n) is 8.73. The second-order valence-corrected chi connectivity index (χ2v) is 8.73. The van der Waals surface area contributed by atoms with Crippen molar-refractivity contribution in [3.8, 4) is 5.75 Å². The van der Waals surface area contributed by atoms with Crippen molar-refractivity contribution in [2.24, 2.45) is 10.9 Å². The minimum absolute atomic E-state index is 0. The third-order valence-corrected chi connectivity index (χ3v) is 5.86. The highest BCUT2D eigenvalue weighted by Crippen LogP contribution is 2.23. The number of aliphatic imine (C=N–C) groups is 1. The fourth-order valence-corrected chi connectivity index (χ4v) is 3.91. The van der Waals surface area contributed by atoms with Gasteiger partial charge in [-0.1, -0.05) is 19.1 Å². The molecular formula is C23H40IN5O2. The van der Waals surface area contributed by atoms with E-state index >= 15 is 0 Å². The summed E-state index contributed by atoms with van der Waals surface area (Å²) in [5, 5.41) is 6.93. The molecule has 2 aliphatic heterocycles. The van der Waals surface area contributed by atoms with Crippen LogP contribution >= 0.6 is 24.0 Å². The van der Waals surface area contributed by atoms with E-state index in [1.54, 1.807) is 0 Å². The van der Waals surface area contributed by atoms with E-state index in [-0.39, 0.29) is 30.1 Å². The number of aryl methyl sites for hydroxylation is 1. The van der Waals surface area contributed by atoms with Crippen molar-refractivity contribution in [2.75, 3.05) is 66.6 Å². The van der Waals surface area contributed by atoms with Gasteiger partial charge in [-0.05, 0) is 31.5 Å². The van der Waals surface area contributed by atoms with Crippen LogP contribution in [0.25, 0.3) is 0 Å². The van der Waals surface area contributed by atoms with Crippen LogP contribution in [0.3, 0.4) is 0 Å². The molecule has 7 nitrogen and oxygen atoms in total. The molecule has 176 valence electrons. The van der Waals surface area contributed by atoms with Crippen molar-refractivity contribution >= 4 is 29.9 Å². The molecule has 2 atom stereocenters. The lowest BCUT2D eigenvalue weighted by atomic mass is 10.1.